The van der Waals surface area contributed by atoms with E-state index < -0.39 is 18.5 Å². The smallest absolute Gasteiger partial charge is 0.338 e. The number of hydrogen-bond donors (Lipinski definition) is 1. The highest BCUT2D eigenvalue weighted by Gasteiger charge is 2.17. The lowest BCUT2D eigenvalue weighted by Crippen LogP contribution is -2.28. The van der Waals surface area contributed by atoms with E-state index in [1.54, 1.807) is 0 Å². The topological polar surface area (TPSA) is 73.9 Å². The number of carbonyl (C=O) groups is 2. The predicted octanol–water partition coefficient (Wildman–Crippen LogP) is 3.22. The predicted molar refractivity (Wildman–Crippen MR) is 97.7 cm³/mol. The first-order chi connectivity index (χ1) is 12.5. The molecular weight excluding hydrogens is 358 g/mol. The summed E-state index contributed by atoms with van der Waals surface area (Å²) in [6.07, 6.45) is 0. The van der Waals surface area contributed by atoms with Crippen LogP contribution in [0.25, 0.3) is 0 Å². The molecule has 0 saturated carbocycles. The summed E-state index contributed by atoms with van der Waals surface area (Å²) in [6, 6.07) is 12.3. The molecule has 0 bridgehead atoms. The van der Waals surface area contributed by atoms with Gasteiger partial charge in [-0.15, -0.1) is 0 Å². The zero-order valence-corrected chi connectivity index (χ0v) is 15.3. The second kappa shape index (κ2) is 9.68. The Balaban J connectivity index is 1.93. The summed E-state index contributed by atoms with van der Waals surface area (Å²) in [5.41, 5.74) is 1.13. The maximum Gasteiger partial charge on any atom is 0.338 e. The zero-order chi connectivity index (χ0) is 18.9. The Hall–Kier alpha value is -2.73. The van der Waals surface area contributed by atoms with Crippen molar-refractivity contribution in [2.24, 2.45) is 0 Å². The summed E-state index contributed by atoms with van der Waals surface area (Å²) in [6.45, 7) is 2.19. The number of hydrogen-bond acceptors (Lipinski definition) is 5. The molecule has 1 N–H and O–H groups in total. The molecule has 0 spiro atoms. The van der Waals surface area contributed by atoms with Gasteiger partial charge in [-0.3, -0.25) is 4.79 Å². The Bertz CT molecular complexity index is 764. The lowest BCUT2D eigenvalue weighted by Gasteiger charge is -2.13. The molecule has 2 aromatic rings. The highest BCUT2D eigenvalue weighted by Crippen LogP contribution is 2.36. The van der Waals surface area contributed by atoms with Crippen LogP contribution in [-0.4, -0.2) is 32.2 Å². The molecule has 0 unspecified atom stereocenters. The van der Waals surface area contributed by atoms with Crippen LogP contribution in [0.1, 0.15) is 22.8 Å². The summed E-state index contributed by atoms with van der Waals surface area (Å²) in [5, 5.41) is 2.91. The van der Waals surface area contributed by atoms with Crippen molar-refractivity contribution >= 4 is 23.5 Å². The largest absolute Gasteiger partial charge is 0.493 e. The lowest BCUT2D eigenvalue weighted by molar-refractivity contribution is -0.124. The molecule has 2 aromatic carbocycles. The molecule has 0 aliphatic rings. The van der Waals surface area contributed by atoms with Gasteiger partial charge >= 0.3 is 5.97 Å². The van der Waals surface area contributed by atoms with Gasteiger partial charge in [-0.05, 0) is 24.6 Å². The molecule has 2 rings (SSSR count). The maximum atomic E-state index is 12.2. The van der Waals surface area contributed by atoms with E-state index in [9.17, 15) is 9.59 Å². The highest BCUT2D eigenvalue weighted by molar-refractivity contribution is 6.32. The van der Waals surface area contributed by atoms with Gasteiger partial charge in [-0.25, -0.2) is 4.79 Å². The molecule has 6 nitrogen and oxygen atoms in total. The lowest BCUT2D eigenvalue weighted by atomic mass is 10.2. The number of ether oxygens (including phenoxy) is 3. The van der Waals surface area contributed by atoms with E-state index in [1.165, 1.54) is 19.2 Å². The third-order valence-electron chi connectivity index (χ3n) is 3.42. The number of esters is 1. The van der Waals surface area contributed by atoms with Gasteiger partial charge in [-0.2, -0.15) is 0 Å². The van der Waals surface area contributed by atoms with Gasteiger partial charge in [0.1, 0.15) is 0 Å². The Labute approximate surface area is 157 Å². The molecule has 0 aliphatic carbocycles. The molecule has 0 aliphatic heterocycles. The van der Waals surface area contributed by atoms with E-state index in [4.69, 9.17) is 25.8 Å². The van der Waals surface area contributed by atoms with Gasteiger partial charge in [0.2, 0.25) is 0 Å². The summed E-state index contributed by atoms with van der Waals surface area (Å²) >= 11 is 6.12. The zero-order valence-electron chi connectivity index (χ0n) is 14.6. The van der Waals surface area contributed by atoms with Crippen molar-refractivity contribution in [2.45, 2.75) is 13.5 Å². The second-order valence-corrected chi connectivity index (χ2v) is 5.67. The van der Waals surface area contributed by atoms with Gasteiger partial charge in [0, 0.05) is 6.54 Å². The van der Waals surface area contributed by atoms with Crippen LogP contribution >= 0.6 is 11.6 Å². The average molecular weight is 378 g/mol. The summed E-state index contributed by atoms with van der Waals surface area (Å²) in [4.78, 5) is 24.0. The third-order valence-corrected chi connectivity index (χ3v) is 3.70. The first kappa shape index (κ1) is 19.6. The molecule has 0 heterocycles. The van der Waals surface area contributed by atoms with Crippen molar-refractivity contribution in [1.29, 1.82) is 0 Å². The van der Waals surface area contributed by atoms with Crippen molar-refractivity contribution in [3.63, 3.8) is 0 Å². The molecule has 0 radical (unpaired) electrons. The van der Waals surface area contributed by atoms with Crippen LogP contribution in [0.3, 0.4) is 0 Å². The van der Waals surface area contributed by atoms with E-state index in [0.29, 0.717) is 24.7 Å². The number of carbonyl (C=O) groups excluding carboxylic acids is 2. The standard InChI is InChI=1S/C19H20ClNO5/c1-3-25-18-15(20)9-14(10-16(18)24-2)19(23)26-12-17(22)21-11-13-7-5-4-6-8-13/h4-10H,3,11-12H2,1-2H3,(H,21,22). The van der Waals surface area contributed by atoms with Crippen molar-refractivity contribution in [3.05, 3.63) is 58.6 Å². The maximum absolute atomic E-state index is 12.2. The van der Waals surface area contributed by atoms with E-state index in [0.717, 1.165) is 5.56 Å². The second-order valence-electron chi connectivity index (χ2n) is 5.26. The minimum Gasteiger partial charge on any atom is -0.493 e. The van der Waals surface area contributed by atoms with Crippen molar-refractivity contribution in [1.82, 2.24) is 5.32 Å². The van der Waals surface area contributed by atoms with E-state index in [1.807, 2.05) is 37.3 Å². The normalized spacial score (nSPS) is 10.1. The molecule has 138 valence electrons. The van der Waals surface area contributed by atoms with E-state index in [2.05, 4.69) is 5.32 Å². The van der Waals surface area contributed by atoms with Gasteiger partial charge < -0.3 is 19.5 Å². The summed E-state index contributed by atoms with van der Waals surface area (Å²) in [5.74, 6) is -0.400. The first-order valence-electron chi connectivity index (χ1n) is 8.03. The number of benzene rings is 2. The summed E-state index contributed by atoms with van der Waals surface area (Å²) < 4.78 is 15.6. The van der Waals surface area contributed by atoms with E-state index >= 15 is 0 Å². The fraction of sp³-hybridized carbons (Fsp3) is 0.263. The molecule has 0 fully saturated rings. The van der Waals surface area contributed by atoms with Gasteiger partial charge in [0.05, 0.1) is 24.3 Å². The quantitative estimate of drug-likeness (QED) is 0.715. The molecule has 26 heavy (non-hydrogen) atoms. The molecule has 0 saturated heterocycles. The van der Waals surface area contributed by atoms with Crippen LogP contribution in [0.15, 0.2) is 42.5 Å². The number of methoxy groups -OCH3 is 1. The monoisotopic (exact) mass is 377 g/mol. The average Bonchev–Trinajstić information content (AvgIpc) is 2.66. The van der Waals surface area contributed by atoms with Crippen LogP contribution in [0.5, 0.6) is 11.5 Å². The Morgan fingerprint density at radius 2 is 1.88 bits per heavy atom. The van der Waals surface area contributed by atoms with Crippen LogP contribution in [0, 0.1) is 0 Å². The Morgan fingerprint density at radius 3 is 2.54 bits per heavy atom. The van der Waals surface area contributed by atoms with Crippen LogP contribution < -0.4 is 14.8 Å². The fourth-order valence-corrected chi connectivity index (χ4v) is 2.45. The van der Waals surface area contributed by atoms with Gasteiger partial charge in [0.25, 0.3) is 5.91 Å². The van der Waals surface area contributed by atoms with Gasteiger partial charge in [0.15, 0.2) is 18.1 Å². The molecule has 7 heteroatoms. The van der Waals surface area contributed by atoms with Crippen LogP contribution in [0.4, 0.5) is 0 Å². The fourth-order valence-electron chi connectivity index (χ4n) is 2.18. The van der Waals surface area contributed by atoms with Crippen LogP contribution in [0.2, 0.25) is 5.02 Å². The molecule has 0 aromatic heterocycles. The Morgan fingerprint density at radius 1 is 1.15 bits per heavy atom. The summed E-state index contributed by atoms with van der Waals surface area (Å²) in [7, 11) is 1.44. The first-order valence-corrected chi connectivity index (χ1v) is 8.41. The highest BCUT2D eigenvalue weighted by atomic mass is 35.5. The number of halogens is 1. The van der Waals surface area contributed by atoms with E-state index in [-0.39, 0.29) is 10.6 Å². The third kappa shape index (κ3) is 5.39. The number of amides is 1. The molecule has 0 atom stereocenters. The minimum absolute atomic E-state index is 0.172. The molecular formula is C19H20ClNO5. The number of rotatable bonds is 8. The van der Waals surface area contributed by atoms with Crippen molar-refractivity contribution in [2.75, 3.05) is 20.3 Å². The Kier molecular flexibility index (Phi) is 7.29. The minimum atomic E-state index is -0.678. The van der Waals surface area contributed by atoms with Crippen molar-refractivity contribution < 1.29 is 23.8 Å². The number of nitrogens with one attached hydrogen (secondary N) is 1. The van der Waals surface area contributed by atoms with Gasteiger partial charge in [-0.1, -0.05) is 41.9 Å². The molecule has 1 amide bonds. The van der Waals surface area contributed by atoms with Crippen molar-refractivity contribution in [3.8, 4) is 11.5 Å². The SMILES string of the molecule is CCOc1c(Cl)cc(C(=O)OCC(=O)NCc2ccccc2)cc1OC. The van der Waals surface area contributed by atoms with Crippen LogP contribution in [-0.2, 0) is 16.1 Å².